The van der Waals surface area contributed by atoms with Crippen molar-refractivity contribution in [3.05, 3.63) is 101 Å². The Kier molecular flexibility index (Phi) is 10.5. The van der Waals surface area contributed by atoms with Gasteiger partial charge in [0.05, 0.1) is 11.9 Å². The van der Waals surface area contributed by atoms with E-state index in [-0.39, 0.29) is 24.9 Å². The summed E-state index contributed by atoms with van der Waals surface area (Å²) in [5.41, 5.74) is 3.09. The molecule has 0 heterocycles. The normalized spacial score (nSPS) is 12.2. The van der Waals surface area contributed by atoms with Crippen LogP contribution in [0, 0.1) is 0 Å². The first-order chi connectivity index (χ1) is 18.5. The molecule has 0 saturated heterocycles. The standard InChI is InChI=1S/C30H36ClN3O4S/c1-5-23-13-17-27(18-14-23)34(39(4,37)38)21-29(35)33(20-25-11-15-26(31)16-12-25)28(30(36)32-22(2)3)19-24-9-7-6-8-10-24/h6-18,22,28H,5,19-21H2,1-4H3,(H,32,36)/t28-/m1/s1. The monoisotopic (exact) mass is 569 g/mol. The van der Waals surface area contributed by atoms with E-state index in [0.717, 1.165) is 33.7 Å². The Bertz CT molecular complexity index is 1350. The fraction of sp³-hybridized carbons (Fsp3) is 0.333. The van der Waals surface area contributed by atoms with Crippen molar-refractivity contribution in [3.8, 4) is 0 Å². The molecule has 7 nitrogen and oxygen atoms in total. The van der Waals surface area contributed by atoms with Gasteiger partial charge >= 0.3 is 0 Å². The van der Waals surface area contributed by atoms with Gasteiger partial charge in [-0.1, -0.05) is 73.1 Å². The lowest BCUT2D eigenvalue weighted by molar-refractivity contribution is -0.140. The highest BCUT2D eigenvalue weighted by Gasteiger charge is 2.33. The number of halogens is 1. The second-order valence-corrected chi connectivity index (χ2v) is 12.1. The molecule has 39 heavy (non-hydrogen) atoms. The summed E-state index contributed by atoms with van der Waals surface area (Å²) in [7, 11) is -3.80. The van der Waals surface area contributed by atoms with Gasteiger partial charge in [0.1, 0.15) is 12.6 Å². The molecule has 0 saturated carbocycles. The molecule has 0 aliphatic rings. The van der Waals surface area contributed by atoms with Gasteiger partial charge in [-0.2, -0.15) is 0 Å². The molecule has 0 unspecified atom stereocenters. The van der Waals surface area contributed by atoms with Gasteiger partial charge in [0, 0.05) is 24.0 Å². The van der Waals surface area contributed by atoms with Crippen LogP contribution in [0.25, 0.3) is 0 Å². The summed E-state index contributed by atoms with van der Waals surface area (Å²) in [5.74, 6) is -0.802. The van der Waals surface area contributed by atoms with Gasteiger partial charge in [0.2, 0.25) is 21.8 Å². The molecule has 0 spiro atoms. The topological polar surface area (TPSA) is 86.8 Å². The number of sulfonamides is 1. The maximum atomic E-state index is 14.0. The van der Waals surface area contributed by atoms with Crippen LogP contribution >= 0.6 is 11.6 Å². The molecule has 2 amide bonds. The zero-order chi connectivity index (χ0) is 28.6. The molecule has 0 aliphatic heterocycles. The summed E-state index contributed by atoms with van der Waals surface area (Å²) in [6, 6.07) is 22.5. The maximum Gasteiger partial charge on any atom is 0.244 e. The first-order valence-electron chi connectivity index (χ1n) is 12.9. The molecule has 1 atom stereocenters. The van der Waals surface area contributed by atoms with Crippen molar-refractivity contribution in [2.24, 2.45) is 0 Å². The third kappa shape index (κ3) is 8.83. The fourth-order valence-electron chi connectivity index (χ4n) is 4.23. The molecular formula is C30H36ClN3O4S. The summed E-state index contributed by atoms with van der Waals surface area (Å²) in [6.45, 7) is 5.38. The van der Waals surface area contributed by atoms with E-state index in [1.54, 1.807) is 36.4 Å². The number of rotatable bonds is 12. The zero-order valence-electron chi connectivity index (χ0n) is 22.8. The average Bonchev–Trinajstić information content (AvgIpc) is 2.90. The molecule has 9 heteroatoms. The van der Waals surface area contributed by atoms with Crippen LogP contribution in [0.3, 0.4) is 0 Å². The molecule has 3 aromatic carbocycles. The van der Waals surface area contributed by atoms with Gasteiger partial charge < -0.3 is 10.2 Å². The quantitative estimate of drug-likeness (QED) is 0.338. The molecule has 0 fully saturated rings. The molecule has 208 valence electrons. The van der Waals surface area contributed by atoms with E-state index in [1.807, 2.05) is 63.2 Å². The number of aryl methyl sites for hydroxylation is 1. The van der Waals surface area contributed by atoms with Gasteiger partial charge in [-0.3, -0.25) is 13.9 Å². The second kappa shape index (κ2) is 13.6. The van der Waals surface area contributed by atoms with Crippen LogP contribution in [0.4, 0.5) is 5.69 Å². The number of hydrogen-bond donors (Lipinski definition) is 1. The van der Waals surface area contributed by atoms with Crippen molar-refractivity contribution in [3.63, 3.8) is 0 Å². The van der Waals surface area contributed by atoms with Gasteiger partial charge in [0.15, 0.2) is 0 Å². The van der Waals surface area contributed by atoms with Crippen molar-refractivity contribution in [1.29, 1.82) is 0 Å². The minimum absolute atomic E-state index is 0.103. The highest BCUT2D eigenvalue weighted by atomic mass is 35.5. The molecule has 0 bridgehead atoms. The first kappa shape index (κ1) is 30.2. The zero-order valence-corrected chi connectivity index (χ0v) is 24.4. The number of nitrogens with one attached hydrogen (secondary N) is 1. The molecule has 0 aromatic heterocycles. The molecule has 3 rings (SSSR count). The van der Waals surface area contributed by atoms with Gasteiger partial charge in [-0.25, -0.2) is 8.42 Å². The van der Waals surface area contributed by atoms with Crippen LogP contribution in [-0.4, -0.2) is 50.0 Å². The van der Waals surface area contributed by atoms with Crippen LogP contribution in [0.5, 0.6) is 0 Å². The van der Waals surface area contributed by atoms with Crippen molar-refractivity contribution < 1.29 is 18.0 Å². The SMILES string of the molecule is CCc1ccc(N(CC(=O)N(Cc2ccc(Cl)cc2)[C@H](Cc2ccccc2)C(=O)NC(C)C)S(C)(=O)=O)cc1. The maximum absolute atomic E-state index is 14.0. The van der Waals surface area contributed by atoms with Crippen LogP contribution in [-0.2, 0) is 39.0 Å². The predicted octanol–water partition coefficient (Wildman–Crippen LogP) is 4.83. The summed E-state index contributed by atoms with van der Waals surface area (Å²) in [6.07, 6.45) is 2.15. The van der Waals surface area contributed by atoms with E-state index < -0.39 is 28.5 Å². The van der Waals surface area contributed by atoms with Crippen molar-refractivity contribution >= 4 is 39.1 Å². The molecular weight excluding hydrogens is 534 g/mol. The van der Waals surface area contributed by atoms with Crippen LogP contribution < -0.4 is 9.62 Å². The number of hydrogen-bond acceptors (Lipinski definition) is 4. The van der Waals surface area contributed by atoms with E-state index in [0.29, 0.717) is 10.7 Å². The largest absolute Gasteiger partial charge is 0.352 e. The molecule has 0 radical (unpaired) electrons. The third-order valence-electron chi connectivity index (χ3n) is 6.28. The predicted molar refractivity (Wildman–Crippen MR) is 157 cm³/mol. The van der Waals surface area contributed by atoms with Crippen molar-refractivity contribution in [2.75, 3.05) is 17.1 Å². The summed E-state index contributed by atoms with van der Waals surface area (Å²) >= 11 is 6.08. The Hall–Kier alpha value is -3.36. The molecule has 0 aliphatic carbocycles. The van der Waals surface area contributed by atoms with E-state index in [2.05, 4.69) is 5.32 Å². The summed E-state index contributed by atoms with van der Waals surface area (Å²) < 4.78 is 26.8. The number of amides is 2. The van der Waals surface area contributed by atoms with Crippen molar-refractivity contribution in [1.82, 2.24) is 10.2 Å². The highest BCUT2D eigenvalue weighted by molar-refractivity contribution is 7.92. The van der Waals surface area contributed by atoms with E-state index in [4.69, 9.17) is 11.6 Å². The number of carbonyl (C=O) groups is 2. The first-order valence-corrected chi connectivity index (χ1v) is 15.2. The van der Waals surface area contributed by atoms with Crippen LogP contribution in [0.1, 0.15) is 37.5 Å². The minimum atomic E-state index is -3.80. The van der Waals surface area contributed by atoms with E-state index in [9.17, 15) is 18.0 Å². The number of carbonyl (C=O) groups excluding carboxylic acids is 2. The lowest BCUT2D eigenvalue weighted by Crippen LogP contribution is -2.54. The Balaban J connectivity index is 2.03. The molecule has 1 N–H and O–H groups in total. The Morgan fingerprint density at radius 3 is 2.00 bits per heavy atom. The number of nitrogens with zero attached hydrogens (tertiary/aromatic N) is 2. The Morgan fingerprint density at radius 2 is 1.46 bits per heavy atom. The van der Waals surface area contributed by atoms with Crippen LogP contribution in [0.15, 0.2) is 78.9 Å². The van der Waals surface area contributed by atoms with Gasteiger partial charge in [0.25, 0.3) is 0 Å². The smallest absolute Gasteiger partial charge is 0.244 e. The highest BCUT2D eigenvalue weighted by Crippen LogP contribution is 2.22. The van der Waals surface area contributed by atoms with E-state index in [1.165, 1.54) is 4.90 Å². The van der Waals surface area contributed by atoms with Crippen molar-refractivity contribution in [2.45, 2.75) is 52.2 Å². The third-order valence-corrected chi connectivity index (χ3v) is 7.67. The van der Waals surface area contributed by atoms with Gasteiger partial charge in [-0.15, -0.1) is 0 Å². The fourth-order valence-corrected chi connectivity index (χ4v) is 5.21. The number of anilines is 1. The second-order valence-electron chi connectivity index (χ2n) is 9.81. The van der Waals surface area contributed by atoms with E-state index >= 15 is 0 Å². The lowest BCUT2D eigenvalue weighted by Gasteiger charge is -2.34. The van der Waals surface area contributed by atoms with Gasteiger partial charge in [-0.05, 0) is 61.2 Å². The Labute approximate surface area is 236 Å². The summed E-state index contributed by atoms with van der Waals surface area (Å²) in [4.78, 5) is 29.0. The average molecular weight is 570 g/mol. The summed E-state index contributed by atoms with van der Waals surface area (Å²) in [5, 5.41) is 3.49. The molecule has 3 aromatic rings. The number of benzene rings is 3. The van der Waals surface area contributed by atoms with Crippen LogP contribution in [0.2, 0.25) is 5.02 Å². The Morgan fingerprint density at radius 1 is 0.872 bits per heavy atom. The minimum Gasteiger partial charge on any atom is -0.352 e. The lowest BCUT2D eigenvalue weighted by atomic mass is 10.0.